The van der Waals surface area contributed by atoms with Gasteiger partial charge in [0.15, 0.2) is 0 Å². The molecule has 0 bridgehead atoms. The molecule has 0 aliphatic carbocycles. The van der Waals surface area contributed by atoms with E-state index in [1.807, 2.05) is 13.8 Å². The standard InChI is InChI=1S/C18H30N6O2/c1-4-26-18(25)24-7-5-15(6-8-24)20-17-19-14(2)13-16(21-17)23-11-9-22(3)10-12-23/h13,15H,4-12H2,1-3H3,(H,19,20,21). The van der Waals surface area contributed by atoms with E-state index in [9.17, 15) is 4.79 Å². The van der Waals surface area contributed by atoms with Gasteiger partial charge in [-0.05, 0) is 33.7 Å². The maximum Gasteiger partial charge on any atom is 0.409 e. The Kier molecular flexibility index (Phi) is 6.13. The van der Waals surface area contributed by atoms with Crippen molar-refractivity contribution in [3.05, 3.63) is 11.8 Å². The number of nitrogens with one attached hydrogen (secondary N) is 1. The fourth-order valence-corrected chi connectivity index (χ4v) is 3.42. The molecular weight excluding hydrogens is 332 g/mol. The first-order valence-corrected chi connectivity index (χ1v) is 9.52. The molecule has 0 spiro atoms. The van der Waals surface area contributed by atoms with Crippen LogP contribution in [0.4, 0.5) is 16.6 Å². The van der Waals surface area contributed by atoms with Crippen molar-refractivity contribution in [2.45, 2.75) is 32.7 Å². The molecule has 1 N–H and O–H groups in total. The minimum Gasteiger partial charge on any atom is -0.450 e. The number of anilines is 2. The summed E-state index contributed by atoms with van der Waals surface area (Å²) in [4.78, 5) is 27.5. The van der Waals surface area contributed by atoms with Gasteiger partial charge >= 0.3 is 6.09 Å². The maximum absolute atomic E-state index is 11.8. The molecule has 0 aromatic carbocycles. The number of likely N-dealkylation sites (tertiary alicyclic amines) is 1. The number of hydrogen-bond acceptors (Lipinski definition) is 7. The lowest BCUT2D eigenvalue weighted by atomic mass is 10.1. The monoisotopic (exact) mass is 362 g/mol. The van der Waals surface area contributed by atoms with Crippen molar-refractivity contribution < 1.29 is 9.53 Å². The predicted octanol–water partition coefficient (Wildman–Crippen LogP) is 1.57. The number of carbonyl (C=O) groups is 1. The molecule has 1 aromatic rings. The van der Waals surface area contributed by atoms with Crippen LogP contribution in [0.15, 0.2) is 6.07 Å². The molecule has 2 saturated heterocycles. The molecular formula is C18H30N6O2. The molecule has 0 saturated carbocycles. The zero-order valence-electron chi connectivity index (χ0n) is 16.1. The number of piperazine rings is 1. The predicted molar refractivity (Wildman–Crippen MR) is 102 cm³/mol. The van der Waals surface area contributed by atoms with Crippen molar-refractivity contribution in [2.75, 3.05) is 63.1 Å². The number of amides is 1. The Balaban J connectivity index is 1.58. The number of aryl methyl sites for hydroxylation is 1. The van der Waals surface area contributed by atoms with Crippen LogP contribution >= 0.6 is 0 Å². The quantitative estimate of drug-likeness (QED) is 0.871. The van der Waals surface area contributed by atoms with Crippen molar-refractivity contribution in [1.29, 1.82) is 0 Å². The third-order valence-electron chi connectivity index (χ3n) is 5.02. The number of hydrogen-bond donors (Lipinski definition) is 1. The number of piperidine rings is 1. The summed E-state index contributed by atoms with van der Waals surface area (Å²) >= 11 is 0. The summed E-state index contributed by atoms with van der Waals surface area (Å²) in [6.07, 6.45) is 1.54. The van der Waals surface area contributed by atoms with E-state index in [-0.39, 0.29) is 12.1 Å². The Morgan fingerprint density at radius 3 is 2.54 bits per heavy atom. The Morgan fingerprint density at radius 1 is 1.19 bits per heavy atom. The zero-order chi connectivity index (χ0) is 18.5. The van der Waals surface area contributed by atoms with Gasteiger partial charge in [0.05, 0.1) is 6.61 Å². The van der Waals surface area contributed by atoms with Crippen LogP contribution in [0.3, 0.4) is 0 Å². The highest BCUT2D eigenvalue weighted by molar-refractivity contribution is 5.67. The molecule has 0 radical (unpaired) electrons. The topological polar surface area (TPSA) is 73.8 Å². The summed E-state index contributed by atoms with van der Waals surface area (Å²) in [6, 6.07) is 2.34. The van der Waals surface area contributed by atoms with E-state index < -0.39 is 0 Å². The molecule has 2 fully saturated rings. The lowest BCUT2D eigenvalue weighted by Gasteiger charge is -2.34. The highest BCUT2D eigenvalue weighted by atomic mass is 16.6. The molecule has 0 unspecified atom stereocenters. The molecule has 1 amide bonds. The minimum atomic E-state index is -0.213. The lowest BCUT2D eigenvalue weighted by Crippen LogP contribution is -2.45. The van der Waals surface area contributed by atoms with Gasteiger partial charge in [0.1, 0.15) is 5.82 Å². The molecule has 0 atom stereocenters. The summed E-state index contributed by atoms with van der Waals surface area (Å²) < 4.78 is 5.07. The highest BCUT2D eigenvalue weighted by Crippen LogP contribution is 2.19. The molecule has 3 rings (SSSR count). The average Bonchev–Trinajstić information content (AvgIpc) is 2.62. The summed E-state index contributed by atoms with van der Waals surface area (Å²) in [5.74, 6) is 1.69. The van der Waals surface area contributed by atoms with Gasteiger partial charge in [0, 0.05) is 57.1 Å². The first-order chi connectivity index (χ1) is 12.5. The van der Waals surface area contributed by atoms with Crippen molar-refractivity contribution >= 4 is 17.9 Å². The fraction of sp³-hybridized carbons (Fsp3) is 0.722. The molecule has 8 heteroatoms. The van der Waals surface area contributed by atoms with Crippen LogP contribution in [0, 0.1) is 6.92 Å². The molecule has 8 nitrogen and oxygen atoms in total. The summed E-state index contributed by atoms with van der Waals surface area (Å²) in [7, 11) is 2.15. The van der Waals surface area contributed by atoms with Crippen LogP contribution < -0.4 is 10.2 Å². The highest BCUT2D eigenvalue weighted by Gasteiger charge is 2.24. The number of ether oxygens (including phenoxy) is 1. The van der Waals surface area contributed by atoms with E-state index >= 15 is 0 Å². The Bertz CT molecular complexity index is 610. The molecule has 2 aliphatic heterocycles. The zero-order valence-corrected chi connectivity index (χ0v) is 16.1. The third kappa shape index (κ3) is 4.75. The van der Waals surface area contributed by atoms with E-state index in [4.69, 9.17) is 9.72 Å². The van der Waals surface area contributed by atoms with Gasteiger partial charge in [-0.25, -0.2) is 9.78 Å². The van der Waals surface area contributed by atoms with Crippen molar-refractivity contribution in [2.24, 2.45) is 0 Å². The first-order valence-electron chi connectivity index (χ1n) is 9.52. The van der Waals surface area contributed by atoms with Gasteiger partial charge in [-0.15, -0.1) is 0 Å². The molecule has 3 heterocycles. The normalized spacial score (nSPS) is 19.5. The lowest BCUT2D eigenvalue weighted by molar-refractivity contribution is 0.0983. The van der Waals surface area contributed by atoms with Gasteiger partial charge in [-0.2, -0.15) is 4.98 Å². The Hall–Kier alpha value is -2.09. The van der Waals surface area contributed by atoms with E-state index in [0.29, 0.717) is 25.6 Å². The Labute approximate surface area is 155 Å². The largest absolute Gasteiger partial charge is 0.450 e. The number of aromatic nitrogens is 2. The van der Waals surface area contributed by atoms with Gasteiger partial charge in [0.25, 0.3) is 0 Å². The second kappa shape index (κ2) is 8.53. The van der Waals surface area contributed by atoms with Gasteiger partial charge < -0.3 is 24.8 Å². The smallest absolute Gasteiger partial charge is 0.409 e. The summed E-state index contributed by atoms with van der Waals surface area (Å²) in [5, 5.41) is 3.46. The van der Waals surface area contributed by atoms with Crippen molar-refractivity contribution in [3.8, 4) is 0 Å². The van der Waals surface area contributed by atoms with Gasteiger partial charge in [0.2, 0.25) is 5.95 Å². The second-order valence-corrected chi connectivity index (χ2v) is 7.09. The summed E-state index contributed by atoms with van der Waals surface area (Å²) in [6.45, 7) is 9.75. The maximum atomic E-state index is 11.8. The Morgan fingerprint density at radius 2 is 1.88 bits per heavy atom. The first kappa shape index (κ1) is 18.7. The molecule has 1 aromatic heterocycles. The van der Waals surface area contributed by atoms with E-state index in [0.717, 1.165) is 50.5 Å². The second-order valence-electron chi connectivity index (χ2n) is 7.09. The van der Waals surface area contributed by atoms with E-state index in [2.05, 4.69) is 33.2 Å². The van der Waals surface area contributed by atoms with Crippen LogP contribution in [-0.2, 0) is 4.74 Å². The number of nitrogens with zero attached hydrogens (tertiary/aromatic N) is 5. The van der Waals surface area contributed by atoms with Gasteiger partial charge in [-0.1, -0.05) is 0 Å². The van der Waals surface area contributed by atoms with Crippen molar-refractivity contribution in [1.82, 2.24) is 19.8 Å². The van der Waals surface area contributed by atoms with Crippen LogP contribution in [0.5, 0.6) is 0 Å². The third-order valence-corrected chi connectivity index (χ3v) is 5.02. The SMILES string of the molecule is CCOC(=O)N1CCC(Nc2nc(C)cc(N3CCN(C)CC3)n2)CC1. The molecule has 26 heavy (non-hydrogen) atoms. The van der Waals surface area contributed by atoms with E-state index in [1.165, 1.54) is 0 Å². The molecule has 2 aliphatic rings. The average molecular weight is 362 g/mol. The van der Waals surface area contributed by atoms with Crippen LogP contribution in [0.2, 0.25) is 0 Å². The fourth-order valence-electron chi connectivity index (χ4n) is 3.42. The number of carbonyl (C=O) groups excluding carboxylic acids is 1. The number of rotatable bonds is 4. The minimum absolute atomic E-state index is 0.213. The van der Waals surface area contributed by atoms with Crippen LogP contribution in [0.25, 0.3) is 0 Å². The summed E-state index contributed by atoms with van der Waals surface area (Å²) in [5.41, 5.74) is 0.973. The van der Waals surface area contributed by atoms with E-state index in [1.54, 1.807) is 4.90 Å². The van der Waals surface area contributed by atoms with Crippen LogP contribution in [-0.4, -0.2) is 84.8 Å². The van der Waals surface area contributed by atoms with Crippen molar-refractivity contribution in [3.63, 3.8) is 0 Å². The van der Waals surface area contributed by atoms with Gasteiger partial charge in [-0.3, -0.25) is 0 Å². The number of likely N-dealkylation sites (N-methyl/N-ethyl adjacent to an activating group) is 1. The molecule has 144 valence electrons. The van der Waals surface area contributed by atoms with Crippen LogP contribution in [0.1, 0.15) is 25.5 Å².